The van der Waals surface area contributed by atoms with Gasteiger partial charge in [-0.05, 0) is 12.1 Å². The summed E-state index contributed by atoms with van der Waals surface area (Å²) in [5, 5.41) is 6.48. The van der Waals surface area contributed by atoms with E-state index in [9.17, 15) is 13.2 Å². The molecule has 0 saturated carbocycles. The smallest absolute Gasteiger partial charge is 0.427 e. The number of hydrogen-bond donors (Lipinski definition) is 1. The van der Waals surface area contributed by atoms with Crippen molar-refractivity contribution in [3.8, 4) is 0 Å². The van der Waals surface area contributed by atoms with Gasteiger partial charge in [0.25, 0.3) is 9.84 Å². The molecule has 0 amide bonds. The average molecular weight is 225 g/mol. The summed E-state index contributed by atoms with van der Waals surface area (Å²) >= 11 is 0. The molecule has 1 aromatic rings. The summed E-state index contributed by atoms with van der Waals surface area (Å²) in [5.41, 5.74) is 0. The van der Waals surface area contributed by atoms with Crippen molar-refractivity contribution in [3.63, 3.8) is 0 Å². The standard InChI is InChI=1S/C7H6O4S.K/c8-7(9)12(10,11)6-4-2-1-3-5-6;/h1-5H,(H,8,9);. The molecule has 0 aromatic heterocycles. The summed E-state index contributed by atoms with van der Waals surface area (Å²) in [5.74, 6) is 0. The maximum atomic E-state index is 10.9. The molecule has 0 atom stereocenters. The van der Waals surface area contributed by atoms with Crippen molar-refractivity contribution in [2.24, 2.45) is 0 Å². The van der Waals surface area contributed by atoms with Crippen LogP contribution in [-0.2, 0) is 9.84 Å². The average Bonchev–Trinajstić information content (AvgIpc) is 2.06. The van der Waals surface area contributed by atoms with E-state index >= 15 is 0 Å². The van der Waals surface area contributed by atoms with Gasteiger partial charge in [0.15, 0.2) is 0 Å². The molecule has 0 heterocycles. The van der Waals surface area contributed by atoms with Crippen molar-refractivity contribution < 1.29 is 18.3 Å². The second kappa shape index (κ2) is 5.23. The molecule has 65 valence electrons. The minimum Gasteiger partial charge on any atom is -0.469 e. The summed E-state index contributed by atoms with van der Waals surface area (Å²) in [7, 11) is -4.16. The zero-order valence-corrected chi connectivity index (χ0v) is 10.9. The van der Waals surface area contributed by atoms with Gasteiger partial charge in [0.1, 0.15) is 0 Å². The SMILES string of the molecule is O=C(O)S(=O)(=O)c1ccccc1.[K]. The van der Waals surface area contributed by atoms with E-state index in [0.717, 1.165) is 0 Å². The Kier molecular flexibility index (Phi) is 5.34. The van der Waals surface area contributed by atoms with E-state index < -0.39 is 15.1 Å². The molecule has 1 N–H and O–H groups in total. The Balaban J connectivity index is 0.00000144. The predicted molar refractivity (Wildman–Crippen MR) is 47.4 cm³/mol. The second-order valence-electron chi connectivity index (χ2n) is 2.08. The van der Waals surface area contributed by atoms with Gasteiger partial charge in [-0.2, -0.15) is 0 Å². The molecule has 0 spiro atoms. The van der Waals surface area contributed by atoms with Crippen LogP contribution in [0.4, 0.5) is 4.79 Å². The van der Waals surface area contributed by atoms with Crippen LogP contribution in [-0.4, -0.2) is 70.2 Å². The molecule has 13 heavy (non-hydrogen) atoms. The van der Waals surface area contributed by atoms with Gasteiger partial charge in [0, 0.05) is 51.4 Å². The zero-order valence-electron chi connectivity index (χ0n) is 6.97. The molecule has 6 heteroatoms. The van der Waals surface area contributed by atoms with Crippen molar-refractivity contribution in [2.45, 2.75) is 4.90 Å². The molecular formula is C7H6KO4S. The van der Waals surface area contributed by atoms with Crippen LogP contribution in [0.3, 0.4) is 0 Å². The first kappa shape index (κ1) is 13.3. The fourth-order valence-electron chi connectivity index (χ4n) is 0.700. The van der Waals surface area contributed by atoms with Gasteiger partial charge in [-0.1, -0.05) is 18.2 Å². The number of rotatable bonds is 1. The summed E-state index contributed by atoms with van der Waals surface area (Å²) in [6.07, 6.45) is 0. The molecule has 1 radical (unpaired) electrons. The van der Waals surface area contributed by atoms with Gasteiger partial charge in [0.2, 0.25) is 0 Å². The third kappa shape index (κ3) is 3.15. The fourth-order valence-corrected chi connectivity index (χ4v) is 1.42. The zero-order chi connectivity index (χ0) is 9.19. The Bertz CT molecular complexity index is 384. The summed E-state index contributed by atoms with van der Waals surface area (Å²) in [6.45, 7) is 0. The van der Waals surface area contributed by atoms with Crippen LogP contribution >= 0.6 is 0 Å². The van der Waals surface area contributed by atoms with E-state index in [4.69, 9.17) is 5.11 Å². The van der Waals surface area contributed by atoms with Gasteiger partial charge in [-0.15, -0.1) is 0 Å². The molecule has 0 aliphatic rings. The normalized spacial score (nSPS) is 10.2. The van der Waals surface area contributed by atoms with E-state index in [1.807, 2.05) is 0 Å². The van der Waals surface area contributed by atoms with E-state index in [1.165, 1.54) is 24.3 Å². The van der Waals surface area contributed by atoms with Crippen molar-refractivity contribution in [3.05, 3.63) is 30.3 Å². The Morgan fingerprint density at radius 1 is 1.15 bits per heavy atom. The van der Waals surface area contributed by atoms with E-state index in [0.29, 0.717) is 0 Å². The molecule has 4 nitrogen and oxygen atoms in total. The maximum Gasteiger partial charge on any atom is 0.427 e. The first-order valence-corrected chi connectivity index (χ1v) is 4.56. The maximum absolute atomic E-state index is 10.9. The van der Waals surface area contributed by atoms with Crippen LogP contribution in [0.2, 0.25) is 0 Å². The predicted octanol–water partition coefficient (Wildman–Crippen LogP) is 0.758. The second-order valence-corrected chi connectivity index (χ2v) is 3.91. The van der Waals surface area contributed by atoms with E-state index in [-0.39, 0.29) is 56.3 Å². The minimum atomic E-state index is -4.16. The first-order valence-electron chi connectivity index (χ1n) is 3.08. The monoisotopic (exact) mass is 225 g/mol. The number of carboxylic acid groups (broad SMARTS) is 1. The minimum absolute atomic E-state index is 0. The molecule has 0 saturated heterocycles. The van der Waals surface area contributed by atoms with E-state index in [1.54, 1.807) is 6.07 Å². The van der Waals surface area contributed by atoms with Crippen LogP contribution in [0, 0.1) is 0 Å². The van der Waals surface area contributed by atoms with Crippen LogP contribution in [0.1, 0.15) is 0 Å². The first-order chi connectivity index (χ1) is 5.55. The molecule has 0 aliphatic heterocycles. The Labute approximate surface area is 118 Å². The molecule has 1 rings (SSSR count). The summed E-state index contributed by atoms with van der Waals surface area (Å²) < 4.78 is 21.9. The van der Waals surface area contributed by atoms with Crippen molar-refractivity contribution >= 4 is 66.5 Å². The van der Waals surface area contributed by atoms with Crippen LogP contribution in [0.5, 0.6) is 0 Å². The molecule has 1 aromatic carbocycles. The van der Waals surface area contributed by atoms with Gasteiger partial charge < -0.3 is 5.11 Å². The van der Waals surface area contributed by atoms with Crippen LogP contribution < -0.4 is 0 Å². The Morgan fingerprint density at radius 3 is 2.00 bits per heavy atom. The van der Waals surface area contributed by atoms with E-state index in [2.05, 4.69) is 0 Å². The number of sulfone groups is 1. The number of benzene rings is 1. The fraction of sp³-hybridized carbons (Fsp3) is 0. The quantitative estimate of drug-likeness (QED) is 0.716. The summed E-state index contributed by atoms with van der Waals surface area (Å²) in [4.78, 5) is 10.0. The van der Waals surface area contributed by atoms with Crippen molar-refractivity contribution in [1.82, 2.24) is 0 Å². The molecule has 0 unspecified atom stereocenters. The third-order valence-electron chi connectivity index (χ3n) is 1.28. The molecule has 0 aliphatic carbocycles. The Hall–Kier alpha value is 0.276. The Morgan fingerprint density at radius 2 is 1.62 bits per heavy atom. The largest absolute Gasteiger partial charge is 0.469 e. The van der Waals surface area contributed by atoms with Gasteiger partial charge in [-0.3, -0.25) is 0 Å². The molecule has 0 bridgehead atoms. The van der Waals surface area contributed by atoms with Crippen LogP contribution in [0.25, 0.3) is 0 Å². The number of carbonyl (C=O) groups is 1. The molecule has 0 fully saturated rings. The van der Waals surface area contributed by atoms with Crippen LogP contribution in [0.15, 0.2) is 35.2 Å². The molecular weight excluding hydrogens is 219 g/mol. The van der Waals surface area contributed by atoms with Gasteiger partial charge in [-0.25, -0.2) is 13.2 Å². The third-order valence-corrected chi connectivity index (χ3v) is 2.64. The van der Waals surface area contributed by atoms with Gasteiger partial charge in [0.05, 0.1) is 4.90 Å². The summed E-state index contributed by atoms with van der Waals surface area (Å²) in [6, 6.07) is 7.03. The topological polar surface area (TPSA) is 71.4 Å². The number of hydrogen-bond acceptors (Lipinski definition) is 3. The van der Waals surface area contributed by atoms with Crippen molar-refractivity contribution in [1.29, 1.82) is 0 Å². The van der Waals surface area contributed by atoms with Crippen molar-refractivity contribution in [2.75, 3.05) is 0 Å². The van der Waals surface area contributed by atoms with Gasteiger partial charge >= 0.3 is 5.30 Å².